The molecule has 2 heterocycles. The van der Waals surface area contributed by atoms with Gasteiger partial charge >= 0.3 is 0 Å². The van der Waals surface area contributed by atoms with Crippen molar-refractivity contribution in [1.29, 1.82) is 0 Å². The van der Waals surface area contributed by atoms with Crippen molar-refractivity contribution in [3.8, 4) is 0 Å². The molecule has 0 amide bonds. The van der Waals surface area contributed by atoms with Crippen LogP contribution in [0.1, 0.15) is 30.0 Å². The first-order valence-electron chi connectivity index (χ1n) is 7.34. The maximum Gasteiger partial charge on any atom is 0.243 e. The van der Waals surface area contributed by atoms with Crippen LogP contribution >= 0.6 is 11.6 Å². The van der Waals surface area contributed by atoms with Gasteiger partial charge in [0.05, 0.1) is 16.1 Å². The fourth-order valence-electron chi connectivity index (χ4n) is 2.95. The number of aromatic amines is 1. The van der Waals surface area contributed by atoms with Crippen LogP contribution in [0.15, 0.2) is 29.3 Å². The number of hydrogen-bond acceptors (Lipinski definition) is 3. The minimum atomic E-state index is -3.69. The minimum absolute atomic E-state index is 0.0193. The van der Waals surface area contributed by atoms with Gasteiger partial charge in [-0.3, -0.25) is 5.10 Å². The maximum atomic E-state index is 13.3. The number of hydrogen-bond donors (Lipinski definition) is 1. The van der Waals surface area contributed by atoms with E-state index in [1.807, 2.05) is 6.92 Å². The average molecular weight is 358 g/mol. The van der Waals surface area contributed by atoms with Crippen molar-refractivity contribution in [3.05, 3.63) is 46.5 Å². The van der Waals surface area contributed by atoms with Gasteiger partial charge in [-0.2, -0.15) is 9.40 Å². The van der Waals surface area contributed by atoms with E-state index in [0.29, 0.717) is 13.1 Å². The van der Waals surface area contributed by atoms with Crippen LogP contribution in [0.2, 0.25) is 5.02 Å². The number of nitrogens with one attached hydrogen (secondary N) is 1. The van der Waals surface area contributed by atoms with E-state index >= 15 is 0 Å². The van der Waals surface area contributed by atoms with Gasteiger partial charge in [0.1, 0.15) is 5.82 Å². The Morgan fingerprint density at radius 1 is 1.43 bits per heavy atom. The molecular weight excluding hydrogens is 341 g/mol. The van der Waals surface area contributed by atoms with E-state index in [9.17, 15) is 12.8 Å². The lowest BCUT2D eigenvalue weighted by Gasteiger charge is -2.31. The SMILES string of the molecule is Cc1cn[nH]c1[C@@H]1CCCN(S(=O)(=O)c2ccc(F)c(Cl)c2)C1. The van der Waals surface area contributed by atoms with Gasteiger partial charge < -0.3 is 0 Å². The van der Waals surface area contributed by atoms with Crippen molar-refractivity contribution in [3.63, 3.8) is 0 Å². The molecule has 3 rings (SSSR count). The van der Waals surface area contributed by atoms with Crippen molar-refractivity contribution < 1.29 is 12.8 Å². The van der Waals surface area contributed by atoms with Crippen molar-refractivity contribution >= 4 is 21.6 Å². The van der Waals surface area contributed by atoms with E-state index in [-0.39, 0.29) is 15.8 Å². The van der Waals surface area contributed by atoms with Crippen LogP contribution in [0.4, 0.5) is 4.39 Å². The molecule has 23 heavy (non-hydrogen) atoms. The van der Waals surface area contributed by atoms with Gasteiger partial charge in [-0.15, -0.1) is 0 Å². The molecule has 1 aliphatic rings. The predicted molar refractivity (Wildman–Crippen MR) is 85.5 cm³/mol. The molecule has 1 aromatic carbocycles. The lowest BCUT2D eigenvalue weighted by Crippen LogP contribution is -2.39. The molecular formula is C15H17ClFN3O2S. The summed E-state index contributed by atoms with van der Waals surface area (Å²) in [7, 11) is -3.69. The number of sulfonamides is 1. The number of benzene rings is 1. The summed E-state index contributed by atoms with van der Waals surface area (Å²) in [5.74, 6) is -0.549. The first-order chi connectivity index (χ1) is 10.9. The smallest absolute Gasteiger partial charge is 0.243 e. The highest BCUT2D eigenvalue weighted by Crippen LogP contribution is 2.31. The number of piperidine rings is 1. The third-order valence-electron chi connectivity index (χ3n) is 4.19. The highest BCUT2D eigenvalue weighted by molar-refractivity contribution is 7.89. The fraction of sp³-hybridized carbons (Fsp3) is 0.400. The summed E-state index contributed by atoms with van der Waals surface area (Å²) >= 11 is 5.72. The van der Waals surface area contributed by atoms with E-state index in [0.717, 1.165) is 36.2 Å². The van der Waals surface area contributed by atoms with Crippen LogP contribution in [0.3, 0.4) is 0 Å². The second kappa shape index (κ2) is 6.22. The monoisotopic (exact) mass is 357 g/mol. The molecule has 124 valence electrons. The first kappa shape index (κ1) is 16.4. The fourth-order valence-corrected chi connectivity index (χ4v) is 4.75. The van der Waals surface area contributed by atoms with E-state index in [1.54, 1.807) is 6.20 Å². The Morgan fingerprint density at radius 2 is 2.22 bits per heavy atom. The number of halogens is 2. The van der Waals surface area contributed by atoms with Crippen LogP contribution in [-0.4, -0.2) is 36.0 Å². The average Bonchev–Trinajstić information content (AvgIpc) is 2.96. The summed E-state index contributed by atoms with van der Waals surface area (Å²) in [6, 6.07) is 3.49. The predicted octanol–water partition coefficient (Wildman–Crippen LogP) is 3.08. The first-order valence-corrected chi connectivity index (χ1v) is 9.16. The van der Waals surface area contributed by atoms with E-state index < -0.39 is 15.8 Å². The normalized spacial score (nSPS) is 19.9. The highest BCUT2D eigenvalue weighted by Gasteiger charge is 2.32. The van der Waals surface area contributed by atoms with Gasteiger partial charge in [0, 0.05) is 24.7 Å². The molecule has 5 nitrogen and oxygen atoms in total. The van der Waals surface area contributed by atoms with Crippen LogP contribution in [-0.2, 0) is 10.0 Å². The van der Waals surface area contributed by atoms with Crippen molar-refractivity contribution in [2.45, 2.75) is 30.6 Å². The topological polar surface area (TPSA) is 66.1 Å². The Balaban J connectivity index is 1.88. The molecule has 0 spiro atoms. The van der Waals surface area contributed by atoms with E-state index in [4.69, 9.17) is 11.6 Å². The molecule has 1 atom stereocenters. The zero-order valence-corrected chi connectivity index (χ0v) is 14.2. The standard InChI is InChI=1S/C15H17ClFN3O2S/c1-10-8-18-19-15(10)11-3-2-6-20(9-11)23(21,22)12-4-5-14(17)13(16)7-12/h4-5,7-8,11H,2-3,6,9H2,1H3,(H,18,19)/t11-/m1/s1. The molecule has 0 radical (unpaired) electrons. The Kier molecular flexibility index (Phi) is 4.44. The molecule has 1 saturated heterocycles. The van der Waals surface area contributed by atoms with Gasteiger partial charge in [-0.25, -0.2) is 12.8 Å². The molecule has 0 unspecified atom stereocenters. The maximum absolute atomic E-state index is 13.3. The van der Waals surface area contributed by atoms with Crippen LogP contribution in [0, 0.1) is 12.7 Å². The Morgan fingerprint density at radius 3 is 2.87 bits per heavy atom. The Labute approximate surface area is 139 Å². The molecule has 0 aliphatic carbocycles. The largest absolute Gasteiger partial charge is 0.282 e. The molecule has 1 fully saturated rings. The zero-order valence-electron chi connectivity index (χ0n) is 12.6. The lowest BCUT2D eigenvalue weighted by molar-refractivity contribution is 0.312. The molecule has 0 bridgehead atoms. The van der Waals surface area contributed by atoms with Crippen LogP contribution in [0.5, 0.6) is 0 Å². The number of rotatable bonds is 3. The summed E-state index contributed by atoms with van der Waals surface area (Å²) in [5.41, 5.74) is 2.00. The van der Waals surface area contributed by atoms with Crippen LogP contribution in [0.25, 0.3) is 0 Å². The van der Waals surface area contributed by atoms with E-state index in [2.05, 4.69) is 10.2 Å². The van der Waals surface area contributed by atoms with Gasteiger partial charge in [0.2, 0.25) is 10.0 Å². The lowest BCUT2D eigenvalue weighted by atomic mass is 9.94. The number of H-pyrrole nitrogens is 1. The number of aromatic nitrogens is 2. The summed E-state index contributed by atoms with van der Waals surface area (Å²) < 4.78 is 40.2. The van der Waals surface area contributed by atoms with Gasteiger partial charge in [-0.1, -0.05) is 11.6 Å². The molecule has 0 saturated carbocycles. The third kappa shape index (κ3) is 3.13. The van der Waals surface area contributed by atoms with Crippen molar-refractivity contribution in [2.75, 3.05) is 13.1 Å². The Bertz CT molecular complexity index is 822. The molecule has 8 heteroatoms. The summed E-state index contributed by atoms with van der Waals surface area (Å²) in [5, 5.41) is 6.78. The third-order valence-corrected chi connectivity index (χ3v) is 6.34. The number of aryl methyl sites for hydroxylation is 1. The molecule has 1 aromatic heterocycles. The van der Waals surface area contributed by atoms with Gasteiger partial charge in [0.15, 0.2) is 0 Å². The van der Waals surface area contributed by atoms with Gasteiger partial charge in [0.25, 0.3) is 0 Å². The Hall–Kier alpha value is -1.44. The molecule has 1 N–H and O–H groups in total. The van der Waals surface area contributed by atoms with Crippen molar-refractivity contribution in [1.82, 2.24) is 14.5 Å². The van der Waals surface area contributed by atoms with E-state index in [1.165, 1.54) is 10.4 Å². The van der Waals surface area contributed by atoms with Crippen LogP contribution < -0.4 is 0 Å². The van der Waals surface area contributed by atoms with Gasteiger partial charge in [-0.05, 0) is 43.5 Å². The second-order valence-corrected chi connectivity index (χ2v) is 8.09. The highest BCUT2D eigenvalue weighted by atomic mass is 35.5. The van der Waals surface area contributed by atoms with Crippen molar-refractivity contribution in [2.24, 2.45) is 0 Å². The molecule has 2 aromatic rings. The molecule has 1 aliphatic heterocycles. The second-order valence-electron chi connectivity index (χ2n) is 5.74. The zero-order chi connectivity index (χ0) is 16.6. The number of nitrogens with zero attached hydrogens (tertiary/aromatic N) is 2. The minimum Gasteiger partial charge on any atom is -0.282 e. The quantitative estimate of drug-likeness (QED) is 0.918. The summed E-state index contributed by atoms with van der Waals surface area (Å²) in [6.45, 7) is 2.77. The summed E-state index contributed by atoms with van der Waals surface area (Å²) in [6.07, 6.45) is 3.40. The summed E-state index contributed by atoms with van der Waals surface area (Å²) in [4.78, 5) is 0.0193.